The fourth-order valence-corrected chi connectivity index (χ4v) is 2.06. The summed E-state index contributed by atoms with van der Waals surface area (Å²) < 4.78 is 19.3. The van der Waals surface area contributed by atoms with Gasteiger partial charge in [0.15, 0.2) is 4.67 Å². The minimum absolute atomic E-state index is 0.0149. The maximum Gasteiger partial charge on any atom is 0.170 e. The van der Waals surface area contributed by atoms with Crippen molar-refractivity contribution >= 4 is 26.9 Å². The van der Waals surface area contributed by atoms with E-state index in [4.69, 9.17) is 10.2 Å². The van der Waals surface area contributed by atoms with Crippen LogP contribution < -0.4 is 5.73 Å². The van der Waals surface area contributed by atoms with E-state index in [1.54, 1.807) is 6.07 Å². The molecule has 0 bridgehead atoms. The van der Waals surface area contributed by atoms with Crippen molar-refractivity contribution in [2.45, 2.75) is 19.4 Å². The van der Waals surface area contributed by atoms with Crippen LogP contribution in [0.5, 0.6) is 0 Å². The Kier molecular flexibility index (Phi) is 2.80. The highest BCUT2D eigenvalue weighted by Crippen LogP contribution is 2.28. The zero-order chi connectivity index (χ0) is 11.0. The molecule has 0 spiro atoms. The molecule has 1 aromatic carbocycles. The summed E-state index contributed by atoms with van der Waals surface area (Å²) in [6.07, 6.45) is 0.605. The monoisotopic (exact) mass is 271 g/mol. The molecule has 2 N–H and O–H groups in total. The van der Waals surface area contributed by atoms with Gasteiger partial charge in [0.05, 0.1) is 0 Å². The van der Waals surface area contributed by atoms with Gasteiger partial charge >= 0.3 is 0 Å². The smallest absolute Gasteiger partial charge is 0.170 e. The van der Waals surface area contributed by atoms with E-state index in [-0.39, 0.29) is 11.9 Å². The number of hydrogen-bond acceptors (Lipinski definition) is 2. The van der Waals surface area contributed by atoms with Crippen LogP contribution in [0, 0.1) is 5.82 Å². The highest BCUT2D eigenvalue weighted by Gasteiger charge is 2.10. The van der Waals surface area contributed by atoms with Crippen molar-refractivity contribution in [1.29, 1.82) is 0 Å². The minimum atomic E-state index is -0.258. The van der Waals surface area contributed by atoms with E-state index >= 15 is 0 Å². The van der Waals surface area contributed by atoms with Gasteiger partial charge in [-0.2, -0.15) is 0 Å². The Labute approximate surface area is 95.4 Å². The average Bonchev–Trinajstić information content (AvgIpc) is 2.44. The summed E-state index contributed by atoms with van der Waals surface area (Å²) >= 11 is 3.23. The number of rotatable bonds is 2. The first-order valence-electron chi connectivity index (χ1n) is 4.69. The molecule has 0 aliphatic rings. The minimum Gasteiger partial charge on any atom is -0.449 e. The number of hydrogen-bond donors (Lipinski definition) is 1. The molecule has 2 nitrogen and oxygen atoms in total. The van der Waals surface area contributed by atoms with Gasteiger partial charge in [0.2, 0.25) is 0 Å². The maximum absolute atomic E-state index is 13.3. The van der Waals surface area contributed by atoms with Crippen LogP contribution in [-0.2, 0) is 6.42 Å². The molecule has 2 aromatic rings. The molecule has 15 heavy (non-hydrogen) atoms. The first-order chi connectivity index (χ1) is 7.06. The van der Waals surface area contributed by atoms with Crippen molar-refractivity contribution < 1.29 is 8.81 Å². The van der Waals surface area contributed by atoms with Crippen LogP contribution in [0.15, 0.2) is 27.3 Å². The number of halogens is 2. The molecule has 1 aromatic heterocycles. The van der Waals surface area contributed by atoms with Crippen molar-refractivity contribution in [2.75, 3.05) is 0 Å². The van der Waals surface area contributed by atoms with Gasteiger partial charge < -0.3 is 10.2 Å². The summed E-state index contributed by atoms with van der Waals surface area (Å²) in [6, 6.07) is 4.66. The predicted octanol–water partition coefficient (Wildman–Crippen LogP) is 3.22. The SMILES string of the molecule is CC(N)Cc1cc(F)cc2cc(Br)oc12. The summed E-state index contributed by atoms with van der Waals surface area (Å²) in [5.41, 5.74) is 7.22. The summed E-state index contributed by atoms with van der Waals surface area (Å²) in [4.78, 5) is 0. The fraction of sp³-hybridized carbons (Fsp3) is 0.273. The van der Waals surface area contributed by atoms with Gasteiger partial charge in [-0.05, 0) is 53.0 Å². The molecule has 0 saturated carbocycles. The molecule has 0 amide bonds. The Morgan fingerprint density at radius 3 is 2.87 bits per heavy atom. The maximum atomic E-state index is 13.3. The Hall–Kier alpha value is -0.870. The Morgan fingerprint density at radius 2 is 2.20 bits per heavy atom. The van der Waals surface area contributed by atoms with Crippen LogP contribution in [0.3, 0.4) is 0 Å². The lowest BCUT2D eigenvalue weighted by Gasteiger charge is -2.05. The van der Waals surface area contributed by atoms with Crippen molar-refractivity contribution in [2.24, 2.45) is 5.73 Å². The lowest BCUT2D eigenvalue weighted by Crippen LogP contribution is -2.17. The average molecular weight is 272 g/mol. The zero-order valence-corrected chi connectivity index (χ0v) is 9.84. The highest BCUT2D eigenvalue weighted by molar-refractivity contribution is 9.10. The lowest BCUT2D eigenvalue weighted by atomic mass is 10.1. The topological polar surface area (TPSA) is 39.2 Å². The number of fused-ring (bicyclic) bond motifs is 1. The van der Waals surface area contributed by atoms with E-state index in [1.807, 2.05) is 6.92 Å². The van der Waals surface area contributed by atoms with Crippen molar-refractivity contribution in [1.82, 2.24) is 0 Å². The summed E-state index contributed by atoms with van der Waals surface area (Å²) in [5, 5.41) is 0.762. The Morgan fingerprint density at radius 1 is 1.47 bits per heavy atom. The van der Waals surface area contributed by atoms with Gasteiger partial charge in [0.1, 0.15) is 11.4 Å². The molecular formula is C11H11BrFNO. The first kappa shape index (κ1) is 10.6. The summed E-state index contributed by atoms with van der Waals surface area (Å²) in [5.74, 6) is -0.258. The van der Waals surface area contributed by atoms with Gasteiger partial charge in [0, 0.05) is 11.4 Å². The first-order valence-corrected chi connectivity index (χ1v) is 5.48. The number of benzene rings is 1. The molecule has 0 aliphatic heterocycles. The van der Waals surface area contributed by atoms with E-state index < -0.39 is 0 Å². The van der Waals surface area contributed by atoms with E-state index in [2.05, 4.69) is 15.9 Å². The molecular weight excluding hydrogens is 261 g/mol. The van der Waals surface area contributed by atoms with Gasteiger partial charge in [0.25, 0.3) is 0 Å². The molecule has 0 fully saturated rings. The molecule has 1 unspecified atom stereocenters. The predicted molar refractivity (Wildman–Crippen MR) is 61.2 cm³/mol. The number of furan rings is 1. The van der Waals surface area contributed by atoms with E-state index in [0.717, 1.165) is 10.9 Å². The van der Waals surface area contributed by atoms with Crippen LogP contribution in [-0.4, -0.2) is 6.04 Å². The van der Waals surface area contributed by atoms with Crippen LogP contribution in [0.4, 0.5) is 4.39 Å². The van der Waals surface area contributed by atoms with Gasteiger partial charge in [-0.3, -0.25) is 0 Å². The second-order valence-electron chi connectivity index (χ2n) is 3.72. The van der Waals surface area contributed by atoms with Crippen molar-refractivity contribution in [3.8, 4) is 0 Å². The lowest BCUT2D eigenvalue weighted by molar-refractivity contribution is 0.576. The molecule has 2 rings (SSSR count). The highest BCUT2D eigenvalue weighted by atomic mass is 79.9. The molecule has 1 heterocycles. The van der Waals surface area contributed by atoms with Crippen molar-refractivity contribution in [3.63, 3.8) is 0 Å². The van der Waals surface area contributed by atoms with Crippen LogP contribution in [0.1, 0.15) is 12.5 Å². The molecule has 4 heteroatoms. The third-order valence-electron chi connectivity index (χ3n) is 2.17. The zero-order valence-electron chi connectivity index (χ0n) is 8.26. The van der Waals surface area contributed by atoms with Crippen LogP contribution in [0.2, 0.25) is 0 Å². The largest absolute Gasteiger partial charge is 0.449 e. The molecule has 0 aliphatic carbocycles. The Balaban J connectivity index is 2.59. The second-order valence-corrected chi connectivity index (χ2v) is 4.50. The quantitative estimate of drug-likeness (QED) is 0.911. The number of nitrogens with two attached hydrogens (primary N) is 1. The van der Waals surface area contributed by atoms with Crippen LogP contribution in [0.25, 0.3) is 11.0 Å². The molecule has 80 valence electrons. The summed E-state index contributed by atoms with van der Waals surface area (Å²) in [7, 11) is 0. The standard InChI is InChI=1S/C11H11BrFNO/c1-6(14)2-7-3-9(13)4-8-5-10(12)15-11(7)8/h3-6H,2,14H2,1H3. The van der Waals surface area contributed by atoms with E-state index in [9.17, 15) is 4.39 Å². The summed E-state index contributed by atoms with van der Waals surface area (Å²) in [6.45, 7) is 1.88. The van der Waals surface area contributed by atoms with Gasteiger partial charge in [-0.15, -0.1) is 0 Å². The third kappa shape index (κ3) is 2.21. The van der Waals surface area contributed by atoms with Gasteiger partial charge in [-0.1, -0.05) is 0 Å². The fourth-order valence-electron chi connectivity index (χ4n) is 1.65. The molecule has 0 saturated heterocycles. The third-order valence-corrected chi connectivity index (χ3v) is 2.56. The van der Waals surface area contributed by atoms with E-state index in [1.165, 1.54) is 12.1 Å². The van der Waals surface area contributed by atoms with Crippen LogP contribution >= 0.6 is 15.9 Å². The van der Waals surface area contributed by atoms with E-state index in [0.29, 0.717) is 16.7 Å². The molecule has 0 radical (unpaired) electrons. The Bertz CT molecular complexity index is 493. The normalized spacial score (nSPS) is 13.3. The van der Waals surface area contributed by atoms with Crippen molar-refractivity contribution in [3.05, 3.63) is 34.2 Å². The van der Waals surface area contributed by atoms with Gasteiger partial charge in [-0.25, -0.2) is 4.39 Å². The molecule has 1 atom stereocenters. The second kappa shape index (κ2) is 3.94.